The molecule has 0 aliphatic heterocycles. The van der Waals surface area contributed by atoms with Gasteiger partial charge in [0.25, 0.3) is 0 Å². The van der Waals surface area contributed by atoms with Gasteiger partial charge in [-0.3, -0.25) is 0 Å². The summed E-state index contributed by atoms with van der Waals surface area (Å²) in [5.41, 5.74) is 3.94. The van der Waals surface area contributed by atoms with Crippen LogP contribution in [0.4, 0.5) is 0 Å². The molecule has 0 bridgehead atoms. The van der Waals surface area contributed by atoms with Crippen LogP contribution in [0, 0.1) is 13.8 Å². The van der Waals surface area contributed by atoms with E-state index >= 15 is 0 Å². The largest absolute Gasteiger partial charge is 0.311 e. The molecular formula is C15H23NS. The molecule has 0 unspecified atom stereocenters. The Morgan fingerprint density at radius 2 is 2.06 bits per heavy atom. The van der Waals surface area contributed by atoms with Gasteiger partial charge in [0.1, 0.15) is 0 Å². The molecule has 1 N–H and O–H groups in total. The molecule has 1 nitrogen and oxygen atoms in total. The summed E-state index contributed by atoms with van der Waals surface area (Å²) in [5.74, 6) is 0.990. The van der Waals surface area contributed by atoms with Crippen LogP contribution >= 0.6 is 11.8 Å². The third kappa shape index (κ3) is 5.42. The Morgan fingerprint density at radius 1 is 1.35 bits per heavy atom. The molecule has 94 valence electrons. The second-order valence-electron chi connectivity index (χ2n) is 4.84. The maximum atomic E-state index is 4.11. The highest BCUT2D eigenvalue weighted by Crippen LogP contribution is 2.24. The first-order valence-corrected chi connectivity index (χ1v) is 7.07. The third-order valence-electron chi connectivity index (χ3n) is 2.52. The van der Waals surface area contributed by atoms with E-state index in [1.54, 1.807) is 0 Å². The fraction of sp³-hybridized carbons (Fsp3) is 0.467. The summed E-state index contributed by atoms with van der Waals surface area (Å²) in [6, 6.07) is 7.14. The van der Waals surface area contributed by atoms with E-state index in [2.05, 4.69) is 57.8 Å². The van der Waals surface area contributed by atoms with E-state index in [0.717, 1.165) is 12.3 Å². The van der Waals surface area contributed by atoms with Crippen molar-refractivity contribution < 1.29 is 0 Å². The molecule has 1 aromatic rings. The Bertz CT molecular complexity index is 383. The molecule has 0 aromatic heterocycles. The predicted molar refractivity (Wildman–Crippen MR) is 78.9 cm³/mol. The first-order chi connectivity index (χ1) is 7.99. The summed E-state index contributed by atoms with van der Waals surface area (Å²) in [6.45, 7) is 13.6. The smallest absolute Gasteiger partial charge is 0.0200 e. The van der Waals surface area contributed by atoms with Gasteiger partial charge < -0.3 is 5.32 Å². The van der Waals surface area contributed by atoms with Crippen LogP contribution in [-0.2, 0) is 0 Å². The number of hydrogen-bond donors (Lipinski definition) is 1. The SMILES string of the molecule is C=C(CNC(C)C)CSc1ccc(C)cc1C. The summed E-state index contributed by atoms with van der Waals surface area (Å²) >= 11 is 1.88. The molecule has 0 aliphatic carbocycles. The second-order valence-corrected chi connectivity index (χ2v) is 5.86. The van der Waals surface area contributed by atoms with Crippen molar-refractivity contribution in [2.75, 3.05) is 12.3 Å². The summed E-state index contributed by atoms with van der Waals surface area (Å²) in [6.07, 6.45) is 0. The average molecular weight is 249 g/mol. The van der Waals surface area contributed by atoms with Crippen molar-refractivity contribution in [3.8, 4) is 0 Å². The van der Waals surface area contributed by atoms with Gasteiger partial charge in [-0.1, -0.05) is 43.7 Å². The molecule has 1 rings (SSSR count). The van der Waals surface area contributed by atoms with E-state index in [9.17, 15) is 0 Å². The Kier molecular flexibility index (Phi) is 5.79. The third-order valence-corrected chi connectivity index (χ3v) is 3.84. The van der Waals surface area contributed by atoms with Gasteiger partial charge in [-0.2, -0.15) is 0 Å². The minimum absolute atomic E-state index is 0.526. The van der Waals surface area contributed by atoms with Crippen molar-refractivity contribution in [3.63, 3.8) is 0 Å². The van der Waals surface area contributed by atoms with Crippen LogP contribution in [0.2, 0.25) is 0 Å². The lowest BCUT2D eigenvalue weighted by Crippen LogP contribution is -2.25. The highest BCUT2D eigenvalue weighted by atomic mass is 32.2. The van der Waals surface area contributed by atoms with Crippen LogP contribution in [0.5, 0.6) is 0 Å². The van der Waals surface area contributed by atoms with Crippen molar-refractivity contribution in [1.82, 2.24) is 5.32 Å². The molecule has 17 heavy (non-hydrogen) atoms. The normalized spacial score (nSPS) is 10.9. The number of hydrogen-bond acceptors (Lipinski definition) is 2. The van der Waals surface area contributed by atoms with E-state index in [0.29, 0.717) is 6.04 Å². The van der Waals surface area contributed by atoms with E-state index in [1.165, 1.54) is 21.6 Å². The molecule has 0 aliphatic rings. The fourth-order valence-electron chi connectivity index (χ4n) is 1.54. The summed E-state index contributed by atoms with van der Waals surface area (Å²) in [4.78, 5) is 1.36. The quantitative estimate of drug-likeness (QED) is 0.605. The molecule has 0 amide bonds. The number of thioether (sulfide) groups is 1. The van der Waals surface area contributed by atoms with Gasteiger partial charge in [-0.25, -0.2) is 0 Å². The average Bonchev–Trinajstić information content (AvgIpc) is 2.25. The summed E-state index contributed by atoms with van der Waals surface area (Å²) < 4.78 is 0. The van der Waals surface area contributed by atoms with Crippen LogP contribution in [0.1, 0.15) is 25.0 Å². The highest BCUT2D eigenvalue weighted by molar-refractivity contribution is 7.99. The van der Waals surface area contributed by atoms with Crippen LogP contribution < -0.4 is 5.32 Å². The summed E-state index contributed by atoms with van der Waals surface area (Å²) in [7, 11) is 0. The molecule has 2 heteroatoms. The Balaban J connectivity index is 2.42. The minimum atomic E-state index is 0.526. The van der Waals surface area contributed by atoms with E-state index in [4.69, 9.17) is 0 Å². The molecule has 1 aromatic carbocycles. The van der Waals surface area contributed by atoms with Gasteiger partial charge in [0.15, 0.2) is 0 Å². The van der Waals surface area contributed by atoms with E-state index in [1.807, 2.05) is 11.8 Å². The molecular weight excluding hydrogens is 226 g/mol. The predicted octanol–water partition coefficient (Wildman–Crippen LogP) is 3.95. The van der Waals surface area contributed by atoms with Crippen molar-refractivity contribution in [1.29, 1.82) is 0 Å². The van der Waals surface area contributed by atoms with Gasteiger partial charge in [0.2, 0.25) is 0 Å². The number of nitrogens with one attached hydrogen (secondary N) is 1. The van der Waals surface area contributed by atoms with Gasteiger partial charge >= 0.3 is 0 Å². The topological polar surface area (TPSA) is 12.0 Å². The first kappa shape index (κ1) is 14.3. The standard InChI is InChI=1S/C15H23NS/c1-11(2)16-9-13(4)10-17-15-7-6-12(3)8-14(15)5/h6-8,11,16H,4,9-10H2,1-3,5H3. The van der Waals surface area contributed by atoms with Crippen molar-refractivity contribution in [3.05, 3.63) is 41.5 Å². The number of benzene rings is 1. The summed E-state index contributed by atoms with van der Waals surface area (Å²) in [5, 5.41) is 3.39. The van der Waals surface area contributed by atoms with Gasteiger partial charge in [0, 0.05) is 23.2 Å². The van der Waals surface area contributed by atoms with Crippen molar-refractivity contribution in [2.24, 2.45) is 0 Å². The zero-order valence-corrected chi connectivity index (χ0v) is 12.2. The van der Waals surface area contributed by atoms with Crippen LogP contribution in [0.3, 0.4) is 0 Å². The van der Waals surface area contributed by atoms with Gasteiger partial charge in [-0.15, -0.1) is 11.8 Å². The van der Waals surface area contributed by atoms with Crippen LogP contribution in [0.25, 0.3) is 0 Å². The zero-order chi connectivity index (χ0) is 12.8. The maximum absolute atomic E-state index is 4.11. The lowest BCUT2D eigenvalue weighted by molar-refractivity contribution is 0.623. The lowest BCUT2D eigenvalue weighted by atomic mass is 10.2. The maximum Gasteiger partial charge on any atom is 0.0200 e. The Hall–Kier alpha value is -0.730. The highest BCUT2D eigenvalue weighted by Gasteiger charge is 2.02. The minimum Gasteiger partial charge on any atom is -0.311 e. The molecule has 0 atom stereocenters. The number of aryl methyl sites for hydroxylation is 2. The lowest BCUT2D eigenvalue weighted by Gasteiger charge is -2.11. The Morgan fingerprint density at radius 3 is 2.65 bits per heavy atom. The second kappa shape index (κ2) is 6.87. The molecule has 0 saturated heterocycles. The molecule has 0 heterocycles. The van der Waals surface area contributed by atoms with Crippen LogP contribution in [-0.4, -0.2) is 18.3 Å². The van der Waals surface area contributed by atoms with E-state index in [-0.39, 0.29) is 0 Å². The van der Waals surface area contributed by atoms with E-state index < -0.39 is 0 Å². The zero-order valence-electron chi connectivity index (χ0n) is 11.3. The molecule has 0 spiro atoms. The fourth-order valence-corrected chi connectivity index (χ4v) is 2.45. The van der Waals surface area contributed by atoms with Crippen molar-refractivity contribution >= 4 is 11.8 Å². The Labute approximate surface area is 110 Å². The van der Waals surface area contributed by atoms with Gasteiger partial charge in [0.05, 0.1) is 0 Å². The molecule has 0 fully saturated rings. The number of rotatable bonds is 6. The monoisotopic (exact) mass is 249 g/mol. The molecule has 0 saturated carbocycles. The van der Waals surface area contributed by atoms with Crippen molar-refractivity contribution in [2.45, 2.75) is 38.6 Å². The first-order valence-electron chi connectivity index (χ1n) is 6.09. The van der Waals surface area contributed by atoms with Crippen LogP contribution in [0.15, 0.2) is 35.2 Å². The molecule has 0 radical (unpaired) electrons. The van der Waals surface area contributed by atoms with Gasteiger partial charge in [-0.05, 0) is 25.5 Å².